The first kappa shape index (κ1) is 16.6. The molecule has 3 N–H and O–H groups in total. The average Bonchev–Trinajstić information content (AvgIpc) is 3.18. The lowest BCUT2D eigenvalue weighted by Crippen LogP contribution is -2.44. The maximum absolute atomic E-state index is 11.0. The highest BCUT2D eigenvalue weighted by Gasteiger charge is 2.36. The molecule has 2 aliphatic rings. The van der Waals surface area contributed by atoms with Crippen molar-refractivity contribution in [1.29, 1.82) is 0 Å². The summed E-state index contributed by atoms with van der Waals surface area (Å²) in [4.78, 5) is 13.0. The van der Waals surface area contributed by atoms with Gasteiger partial charge >= 0.3 is 0 Å². The minimum absolute atomic E-state index is 0.502. The average molecular weight is 339 g/mol. The topological polar surface area (TPSA) is 83.0 Å². The summed E-state index contributed by atoms with van der Waals surface area (Å²) in [5.74, 6) is 0.659. The Morgan fingerprint density at radius 3 is 2.48 bits per heavy atom. The van der Waals surface area contributed by atoms with Crippen molar-refractivity contribution in [1.82, 2.24) is 25.6 Å². The van der Waals surface area contributed by atoms with Crippen molar-refractivity contribution in [2.45, 2.75) is 49.8 Å². The third-order valence-electron chi connectivity index (χ3n) is 5.41. The summed E-state index contributed by atoms with van der Waals surface area (Å²) in [5.41, 5.74) is 0.813. The second kappa shape index (κ2) is 7.15. The van der Waals surface area contributed by atoms with Crippen molar-refractivity contribution in [3.8, 4) is 11.4 Å². The lowest BCUT2D eigenvalue weighted by atomic mass is 9.79. The van der Waals surface area contributed by atoms with E-state index in [2.05, 4.69) is 25.6 Å². The Balaban J connectivity index is 1.39. The van der Waals surface area contributed by atoms with E-state index < -0.39 is 5.60 Å². The number of hydrogen-bond acceptors (Lipinski definition) is 6. The molecule has 2 aromatic rings. The molecule has 3 heterocycles. The molecule has 1 saturated heterocycles. The van der Waals surface area contributed by atoms with Crippen LogP contribution in [-0.4, -0.2) is 45.2 Å². The summed E-state index contributed by atoms with van der Waals surface area (Å²) >= 11 is 0. The van der Waals surface area contributed by atoms with E-state index in [1.54, 1.807) is 24.7 Å². The molecule has 6 nitrogen and oxygen atoms in total. The van der Waals surface area contributed by atoms with E-state index in [-0.39, 0.29) is 0 Å². The van der Waals surface area contributed by atoms with E-state index in [4.69, 9.17) is 0 Å². The van der Waals surface area contributed by atoms with E-state index in [0.717, 1.165) is 50.0 Å². The van der Waals surface area contributed by atoms with Crippen molar-refractivity contribution in [3.05, 3.63) is 42.5 Å². The monoisotopic (exact) mass is 339 g/mol. The fourth-order valence-corrected chi connectivity index (χ4v) is 3.90. The Bertz CT molecular complexity index is 677. The van der Waals surface area contributed by atoms with Gasteiger partial charge in [0.2, 0.25) is 0 Å². The smallest absolute Gasteiger partial charge is 0.160 e. The zero-order chi connectivity index (χ0) is 17.1. The maximum atomic E-state index is 11.0. The number of pyridine rings is 1. The van der Waals surface area contributed by atoms with Crippen LogP contribution in [0.25, 0.3) is 11.4 Å². The molecule has 0 unspecified atom stereocenters. The lowest BCUT2D eigenvalue weighted by Gasteiger charge is -2.37. The van der Waals surface area contributed by atoms with Crippen LogP contribution in [0.2, 0.25) is 0 Å². The largest absolute Gasteiger partial charge is 0.384 e. The van der Waals surface area contributed by atoms with Crippen molar-refractivity contribution in [2.24, 2.45) is 0 Å². The van der Waals surface area contributed by atoms with Crippen molar-refractivity contribution in [2.75, 3.05) is 13.1 Å². The molecule has 2 fully saturated rings. The van der Waals surface area contributed by atoms with Crippen LogP contribution in [0.3, 0.4) is 0 Å². The van der Waals surface area contributed by atoms with Crippen LogP contribution in [0.5, 0.6) is 0 Å². The molecule has 25 heavy (non-hydrogen) atoms. The molecule has 1 atom stereocenters. The molecule has 1 saturated carbocycles. The molecule has 0 spiro atoms. The molecule has 1 aliphatic carbocycles. The first-order valence-corrected chi connectivity index (χ1v) is 9.16. The number of rotatable bonds is 4. The third-order valence-corrected chi connectivity index (χ3v) is 5.41. The van der Waals surface area contributed by atoms with E-state index >= 15 is 0 Å². The summed E-state index contributed by atoms with van der Waals surface area (Å²) in [7, 11) is 0. The van der Waals surface area contributed by atoms with Gasteiger partial charge in [-0.25, -0.2) is 9.97 Å². The quantitative estimate of drug-likeness (QED) is 0.785. The lowest BCUT2D eigenvalue weighted by molar-refractivity contribution is -0.0130. The standard InChI is InChI=1S/C19H25N5O/c25-19(7-4-15(5-8-19)24-16-6-11-20-13-16)17-3-2-14(12-23-17)18-21-9-1-10-22-18/h1-3,9-10,12,15-16,20,24-25H,4-8,11,13H2/t15?,16-,19?/m0/s1. The normalized spacial score (nSPS) is 29.6. The number of aromatic nitrogens is 3. The minimum Gasteiger partial charge on any atom is -0.384 e. The van der Waals surface area contributed by atoms with Crippen LogP contribution in [0.4, 0.5) is 0 Å². The number of nitrogens with zero attached hydrogens (tertiary/aromatic N) is 3. The first-order chi connectivity index (χ1) is 12.2. The SMILES string of the molecule is OC1(c2ccc(-c3ncccn3)cn2)CCC(N[C@H]2CCNC2)CC1. The zero-order valence-corrected chi connectivity index (χ0v) is 14.4. The Labute approximate surface area is 148 Å². The van der Waals surface area contributed by atoms with Gasteiger partial charge in [-0.3, -0.25) is 4.98 Å². The first-order valence-electron chi connectivity index (χ1n) is 9.16. The minimum atomic E-state index is -0.817. The Morgan fingerprint density at radius 1 is 1.04 bits per heavy atom. The fraction of sp³-hybridized carbons (Fsp3) is 0.526. The van der Waals surface area contributed by atoms with Crippen molar-refractivity contribution in [3.63, 3.8) is 0 Å². The summed E-state index contributed by atoms with van der Waals surface area (Å²) in [6.07, 6.45) is 9.87. The summed E-state index contributed by atoms with van der Waals surface area (Å²) in [6, 6.07) is 6.74. The van der Waals surface area contributed by atoms with E-state index in [1.807, 2.05) is 12.1 Å². The van der Waals surface area contributed by atoms with Crippen LogP contribution in [-0.2, 0) is 5.60 Å². The van der Waals surface area contributed by atoms with Gasteiger partial charge in [0.05, 0.1) is 5.69 Å². The predicted octanol–water partition coefficient (Wildman–Crippen LogP) is 1.62. The second-order valence-corrected chi connectivity index (χ2v) is 7.17. The Morgan fingerprint density at radius 2 is 1.84 bits per heavy atom. The van der Waals surface area contributed by atoms with Gasteiger partial charge in [0.15, 0.2) is 5.82 Å². The van der Waals surface area contributed by atoms with Gasteiger partial charge in [-0.15, -0.1) is 0 Å². The molecule has 132 valence electrons. The van der Waals surface area contributed by atoms with Gasteiger partial charge < -0.3 is 15.7 Å². The van der Waals surface area contributed by atoms with Crippen LogP contribution >= 0.6 is 0 Å². The number of nitrogens with one attached hydrogen (secondary N) is 2. The summed E-state index contributed by atoms with van der Waals surface area (Å²) in [5, 5.41) is 18.2. The van der Waals surface area contributed by atoms with Crippen LogP contribution in [0, 0.1) is 0 Å². The van der Waals surface area contributed by atoms with Gasteiger partial charge in [-0.1, -0.05) is 0 Å². The predicted molar refractivity (Wildman–Crippen MR) is 95.8 cm³/mol. The fourth-order valence-electron chi connectivity index (χ4n) is 3.90. The molecule has 0 bridgehead atoms. The molecule has 1 aliphatic heterocycles. The molecular weight excluding hydrogens is 314 g/mol. The van der Waals surface area contributed by atoms with Crippen LogP contribution in [0.1, 0.15) is 37.8 Å². The Kier molecular flexibility index (Phi) is 4.74. The van der Waals surface area contributed by atoms with E-state index in [1.165, 1.54) is 6.42 Å². The zero-order valence-electron chi connectivity index (χ0n) is 14.4. The maximum Gasteiger partial charge on any atom is 0.160 e. The van der Waals surface area contributed by atoms with Gasteiger partial charge in [0.1, 0.15) is 5.60 Å². The highest BCUT2D eigenvalue weighted by Crippen LogP contribution is 2.36. The molecule has 2 aromatic heterocycles. The highest BCUT2D eigenvalue weighted by atomic mass is 16.3. The molecule has 4 rings (SSSR count). The number of hydrogen-bond donors (Lipinski definition) is 3. The third kappa shape index (κ3) is 3.71. The van der Waals surface area contributed by atoms with Crippen LogP contribution < -0.4 is 10.6 Å². The van der Waals surface area contributed by atoms with Gasteiger partial charge in [-0.05, 0) is 56.8 Å². The molecular formula is C19H25N5O. The molecule has 0 radical (unpaired) electrons. The van der Waals surface area contributed by atoms with Crippen molar-refractivity contribution >= 4 is 0 Å². The van der Waals surface area contributed by atoms with Gasteiger partial charge in [0, 0.05) is 42.8 Å². The molecule has 0 amide bonds. The second-order valence-electron chi connectivity index (χ2n) is 7.17. The molecule has 6 heteroatoms. The summed E-state index contributed by atoms with van der Waals surface area (Å²) < 4.78 is 0. The van der Waals surface area contributed by atoms with E-state index in [0.29, 0.717) is 17.9 Å². The summed E-state index contributed by atoms with van der Waals surface area (Å²) in [6.45, 7) is 2.17. The Hall–Kier alpha value is -1.89. The van der Waals surface area contributed by atoms with E-state index in [9.17, 15) is 5.11 Å². The van der Waals surface area contributed by atoms with Crippen LogP contribution in [0.15, 0.2) is 36.8 Å². The van der Waals surface area contributed by atoms with Gasteiger partial charge in [0.25, 0.3) is 0 Å². The van der Waals surface area contributed by atoms with Crippen molar-refractivity contribution < 1.29 is 5.11 Å². The molecule has 0 aromatic carbocycles. The highest BCUT2D eigenvalue weighted by molar-refractivity contribution is 5.52. The number of aliphatic hydroxyl groups is 1. The van der Waals surface area contributed by atoms with Gasteiger partial charge in [-0.2, -0.15) is 0 Å².